The first-order valence-electron chi connectivity index (χ1n) is 10.00. The maximum Gasteiger partial charge on any atom is 0.276 e. The van der Waals surface area contributed by atoms with E-state index in [1.807, 2.05) is 6.92 Å². The minimum atomic E-state index is -1.53. The summed E-state index contributed by atoms with van der Waals surface area (Å²) in [7, 11) is 2.86. The van der Waals surface area contributed by atoms with Gasteiger partial charge in [0.25, 0.3) is 5.91 Å². The Balaban J connectivity index is 2.44. The molecule has 0 fully saturated rings. The molecule has 0 aromatic heterocycles. The SMILES string of the molecule is CCOc1cccc(N(Cl)C(=O)C(N=Nc2cc(Cl)cc(OC)c2OC)C(C)=O)c1OCC. The largest absolute Gasteiger partial charge is 0.493 e. The Kier molecular flexibility index (Phi) is 9.74. The summed E-state index contributed by atoms with van der Waals surface area (Å²) in [5.74, 6) is -0.154. The molecule has 0 bridgehead atoms. The quantitative estimate of drug-likeness (QED) is 0.234. The zero-order chi connectivity index (χ0) is 24.5. The molecule has 9 nitrogen and oxygen atoms in total. The molecule has 33 heavy (non-hydrogen) atoms. The summed E-state index contributed by atoms with van der Waals surface area (Å²) in [6.45, 7) is 5.50. The molecule has 0 N–H and O–H groups in total. The van der Waals surface area contributed by atoms with Crippen LogP contribution < -0.4 is 23.4 Å². The molecule has 0 saturated carbocycles. The molecule has 0 radical (unpaired) electrons. The first kappa shape index (κ1) is 26.2. The third-order valence-corrected chi connectivity index (χ3v) is 4.84. The molecule has 0 aliphatic rings. The van der Waals surface area contributed by atoms with Crippen molar-refractivity contribution in [1.82, 2.24) is 0 Å². The molecule has 0 heterocycles. The number of carbonyl (C=O) groups excluding carboxylic acids is 2. The highest BCUT2D eigenvalue weighted by atomic mass is 35.5. The van der Waals surface area contributed by atoms with Crippen molar-refractivity contribution in [3.05, 3.63) is 35.4 Å². The summed E-state index contributed by atoms with van der Waals surface area (Å²) in [6.07, 6.45) is 0. The molecule has 0 aliphatic heterocycles. The number of halogens is 2. The van der Waals surface area contributed by atoms with Crippen LogP contribution in [0.4, 0.5) is 11.4 Å². The third kappa shape index (κ3) is 6.27. The molecule has 0 spiro atoms. The van der Waals surface area contributed by atoms with Crippen LogP contribution in [0.5, 0.6) is 23.0 Å². The molecule has 2 rings (SSSR count). The van der Waals surface area contributed by atoms with Gasteiger partial charge in [-0.3, -0.25) is 9.59 Å². The Labute approximate surface area is 202 Å². The molecule has 2 aromatic rings. The molecule has 1 amide bonds. The number of para-hydroxylation sites is 1. The topological polar surface area (TPSA) is 99.0 Å². The van der Waals surface area contributed by atoms with Crippen LogP contribution in [0.25, 0.3) is 0 Å². The average molecular weight is 498 g/mol. The third-order valence-electron chi connectivity index (χ3n) is 4.28. The van der Waals surface area contributed by atoms with Crippen LogP contribution in [0.15, 0.2) is 40.6 Å². The molecular weight excluding hydrogens is 473 g/mol. The molecule has 0 aliphatic carbocycles. The number of azo groups is 1. The highest BCUT2D eigenvalue weighted by molar-refractivity contribution is 6.39. The molecule has 2 aromatic carbocycles. The Morgan fingerprint density at radius 3 is 2.30 bits per heavy atom. The zero-order valence-electron chi connectivity index (χ0n) is 18.9. The van der Waals surface area contributed by atoms with Crippen molar-refractivity contribution in [1.29, 1.82) is 0 Å². The van der Waals surface area contributed by atoms with Crippen molar-refractivity contribution in [2.24, 2.45) is 10.2 Å². The second-order valence-corrected chi connectivity index (χ2v) is 7.25. The lowest BCUT2D eigenvalue weighted by Gasteiger charge is -2.21. The summed E-state index contributed by atoms with van der Waals surface area (Å²) >= 11 is 12.4. The van der Waals surface area contributed by atoms with E-state index in [2.05, 4.69) is 10.2 Å². The zero-order valence-corrected chi connectivity index (χ0v) is 20.4. The van der Waals surface area contributed by atoms with Gasteiger partial charge in [-0.05, 0) is 39.0 Å². The smallest absolute Gasteiger partial charge is 0.276 e. The van der Waals surface area contributed by atoms with Crippen LogP contribution in [0.1, 0.15) is 20.8 Å². The van der Waals surface area contributed by atoms with Crippen molar-refractivity contribution in [2.75, 3.05) is 31.9 Å². The summed E-state index contributed by atoms with van der Waals surface area (Å²) in [5, 5.41) is 8.26. The van der Waals surface area contributed by atoms with Gasteiger partial charge in [0.15, 0.2) is 28.8 Å². The number of anilines is 1. The van der Waals surface area contributed by atoms with E-state index in [-0.39, 0.29) is 22.9 Å². The van der Waals surface area contributed by atoms with E-state index < -0.39 is 17.7 Å². The number of rotatable bonds is 11. The highest BCUT2D eigenvalue weighted by Gasteiger charge is 2.31. The van der Waals surface area contributed by atoms with Gasteiger partial charge >= 0.3 is 0 Å². The normalized spacial score (nSPS) is 11.7. The van der Waals surface area contributed by atoms with Gasteiger partial charge in [-0.1, -0.05) is 17.7 Å². The Morgan fingerprint density at radius 2 is 1.73 bits per heavy atom. The number of ether oxygens (including phenoxy) is 4. The van der Waals surface area contributed by atoms with Crippen LogP contribution in [0.3, 0.4) is 0 Å². The predicted octanol–water partition coefficient (Wildman–Crippen LogP) is 5.38. The molecule has 1 unspecified atom stereocenters. The minimum Gasteiger partial charge on any atom is -0.493 e. The number of nitrogens with zero attached hydrogens (tertiary/aromatic N) is 3. The fourth-order valence-electron chi connectivity index (χ4n) is 2.85. The van der Waals surface area contributed by atoms with Crippen molar-refractivity contribution in [3.63, 3.8) is 0 Å². The van der Waals surface area contributed by atoms with Crippen LogP contribution >= 0.6 is 23.4 Å². The van der Waals surface area contributed by atoms with Gasteiger partial charge in [0.05, 0.1) is 27.4 Å². The Bertz CT molecular complexity index is 1030. The molecule has 178 valence electrons. The number of amides is 1. The van der Waals surface area contributed by atoms with Gasteiger partial charge < -0.3 is 18.9 Å². The van der Waals surface area contributed by atoms with Gasteiger partial charge in [0.2, 0.25) is 6.04 Å². The van der Waals surface area contributed by atoms with Crippen molar-refractivity contribution in [2.45, 2.75) is 26.8 Å². The number of benzene rings is 2. The lowest BCUT2D eigenvalue weighted by Crippen LogP contribution is -2.36. The fraction of sp³-hybridized carbons (Fsp3) is 0.364. The van der Waals surface area contributed by atoms with Crippen LogP contribution in [-0.2, 0) is 9.59 Å². The van der Waals surface area contributed by atoms with E-state index in [1.54, 1.807) is 25.1 Å². The van der Waals surface area contributed by atoms with Crippen LogP contribution in [0, 0.1) is 0 Å². The van der Waals surface area contributed by atoms with Gasteiger partial charge in [-0.25, -0.2) is 4.42 Å². The molecular formula is C22H25Cl2N3O6. The highest BCUT2D eigenvalue weighted by Crippen LogP contribution is 2.41. The van der Waals surface area contributed by atoms with E-state index in [0.29, 0.717) is 29.7 Å². The maximum atomic E-state index is 13.1. The number of hydrogen-bond donors (Lipinski definition) is 0. The number of methoxy groups -OCH3 is 2. The Morgan fingerprint density at radius 1 is 1.03 bits per heavy atom. The monoisotopic (exact) mass is 497 g/mol. The van der Waals surface area contributed by atoms with Crippen molar-refractivity contribution < 1.29 is 28.5 Å². The predicted molar refractivity (Wildman–Crippen MR) is 126 cm³/mol. The summed E-state index contributed by atoms with van der Waals surface area (Å²) in [4.78, 5) is 25.4. The van der Waals surface area contributed by atoms with Crippen molar-refractivity contribution in [3.8, 4) is 23.0 Å². The first-order chi connectivity index (χ1) is 15.8. The minimum absolute atomic E-state index is 0.176. The van der Waals surface area contributed by atoms with E-state index in [4.69, 9.17) is 42.3 Å². The van der Waals surface area contributed by atoms with Crippen LogP contribution in [0.2, 0.25) is 5.02 Å². The lowest BCUT2D eigenvalue weighted by molar-refractivity contribution is -0.126. The standard InChI is InChI=1S/C22H25Cl2N3O6/c1-6-32-17-10-8-9-16(21(17)33-7-2)27(24)22(29)19(13(3)28)26-25-15-11-14(23)12-18(30-4)20(15)31-5/h8-12,19H,6-7H2,1-5H3. The number of carbonyl (C=O) groups is 2. The number of ketones is 1. The van der Waals surface area contributed by atoms with Crippen molar-refractivity contribution >= 4 is 46.4 Å². The van der Waals surface area contributed by atoms with Gasteiger partial charge in [-0.2, -0.15) is 10.2 Å². The molecule has 0 saturated heterocycles. The molecule has 11 heteroatoms. The van der Waals surface area contributed by atoms with Gasteiger partial charge in [-0.15, -0.1) is 0 Å². The first-order valence-corrected chi connectivity index (χ1v) is 10.7. The summed E-state index contributed by atoms with van der Waals surface area (Å²) in [6, 6.07) is 6.38. The van der Waals surface area contributed by atoms with Gasteiger partial charge in [0, 0.05) is 22.9 Å². The van der Waals surface area contributed by atoms with Crippen LogP contribution in [-0.4, -0.2) is 45.2 Å². The Hall–Kier alpha value is -3.04. The van der Waals surface area contributed by atoms with E-state index >= 15 is 0 Å². The molecule has 1 atom stereocenters. The van der Waals surface area contributed by atoms with E-state index in [0.717, 1.165) is 4.42 Å². The second-order valence-electron chi connectivity index (χ2n) is 6.48. The van der Waals surface area contributed by atoms with E-state index in [9.17, 15) is 9.59 Å². The average Bonchev–Trinajstić information content (AvgIpc) is 2.79. The summed E-state index contributed by atoms with van der Waals surface area (Å²) < 4.78 is 22.5. The summed E-state index contributed by atoms with van der Waals surface area (Å²) in [5.41, 5.74) is 0.383. The fourth-order valence-corrected chi connectivity index (χ4v) is 3.28. The number of Topliss-reactive ketones (excluding diaryl/α,β-unsaturated/α-hetero) is 1. The maximum absolute atomic E-state index is 13.1. The van der Waals surface area contributed by atoms with E-state index in [1.165, 1.54) is 33.3 Å². The number of hydrogen-bond acceptors (Lipinski definition) is 8. The second kappa shape index (κ2) is 12.3. The lowest BCUT2D eigenvalue weighted by atomic mass is 10.2. The van der Waals surface area contributed by atoms with Gasteiger partial charge in [0.1, 0.15) is 11.4 Å².